The van der Waals surface area contributed by atoms with Crippen molar-refractivity contribution in [2.24, 2.45) is 5.92 Å². The van der Waals surface area contributed by atoms with Gasteiger partial charge in [0.25, 0.3) is 0 Å². The summed E-state index contributed by atoms with van der Waals surface area (Å²) in [4.78, 5) is 13.0. The van der Waals surface area contributed by atoms with Gasteiger partial charge in [-0.15, -0.1) is 11.3 Å². The number of nitrogens with zero attached hydrogens (tertiary/aromatic N) is 5. The Morgan fingerprint density at radius 2 is 2.02 bits per heavy atom. The second-order valence-corrected chi connectivity index (χ2v) is 14.5. The van der Waals surface area contributed by atoms with Crippen LogP contribution in [0.15, 0.2) is 12.1 Å². The molecule has 3 fully saturated rings. The van der Waals surface area contributed by atoms with Gasteiger partial charge in [-0.1, -0.05) is 17.7 Å². The number of nitriles is 1. The van der Waals surface area contributed by atoms with Gasteiger partial charge in [0, 0.05) is 48.8 Å². The number of aromatic nitrogens is 2. The van der Waals surface area contributed by atoms with Crippen molar-refractivity contribution < 1.29 is 31.4 Å². The van der Waals surface area contributed by atoms with Gasteiger partial charge in [-0.2, -0.15) is 15.2 Å². The first-order valence-corrected chi connectivity index (χ1v) is 17.1. The number of rotatable bonds is 5. The number of ether oxygens (including phenoxy) is 2. The van der Waals surface area contributed by atoms with Gasteiger partial charge in [-0.3, -0.25) is 4.90 Å². The Morgan fingerprint density at radius 3 is 2.81 bits per heavy atom. The third-order valence-corrected chi connectivity index (χ3v) is 11.8. The molecule has 0 bridgehead atoms. The summed E-state index contributed by atoms with van der Waals surface area (Å²) in [5.74, 6) is -2.29. The van der Waals surface area contributed by atoms with Crippen LogP contribution in [0, 0.1) is 28.9 Å². The first-order chi connectivity index (χ1) is 23.1. The van der Waals surface area contributed by atoms with Gasteiger partial charge in [0.15, 0.2) is 11.6 Å². The van der Waals surface area contributed by atoms with Gasteiger partial charge in [0.1, 0.15) is 41.0 Å². The minimum Gasteiger partial charge on any atom is -0.491 e. The first-order valence-electron chi connectivity index (χ1n) is 15.9. The van der Waals surface area contributed by atoms with E-state index in [4.69, 9.17) is 31.8 Å². The fourth-order valence-electron chi connectivity index (χ4n) is 8.15. The van der Waals surface area contributed by atoms with Crippen LogP contribution in [0.2, 0.25) is 5.02 Å². The molecule has 0 aliphatic carbocycles. The predicted octanol–water partition coefficient (Wildman–Crippen LogP) is 7.48. The molecule has 4 atom stereocenters. The summed E-state index contributed by atoms with van der Waals surface area (Å²) in [6, 6.07) is 4.04. The zero-order chi connectivity index (χ0) is 33.5. The Balaban J connectivity index is 1.36. The highest BCUT2D eigenvalue weighted by atomic mass is 35.5. The third kappa shape index (κ3) is 4.83. The van der Waals surface area contributed by atoms with Crippen molar-refractivity contribution >= 4 is 54.7 Å². The molecule has 2 N–H and O–H groups in total. The van der Waals surface area contributed by atoms with Gasteiger partial charge in [-0.25, -0.2) is 22.0 Å². The number of hydrogen-bond acceptors (Lipinski definition) is 9. The molecule has 0 radical (unpaired) electrons. The van der Waals surface area contributed by atoms with Crippen LogP contribution in [-0.2, 0) is 0 Å². The number of halogens is 6. The molecule has 4 aliphatic rings. The lowest BCUT2D eigenvalue weighted by molar-refractivity contribution is 0.0620. The summed E-state index contributed by atoms with van der Waals surface area (Å²) >= 11 is 7.85. The molecule has 6 heterocycles. The fourth-order valence-corrected chi connectivity index (χ4v) is 9.44. The molecular weight excluding hydrogens is 675 g/mol. The van der Waals surface area contributed by atoms with Crippen LogP contribution in [-0.4, -0.2) is 71.9 Å². The van der Waals surface area contributed by atoms with E-state index >= 15 is 4.39 Å². The van der Waals surface area contributed by atoms with Crippen LogP contribution < -0.4 is 20.1 Å². The van der Waals surface area contributed by atoms with Crippen LogP contribution >= 0.6 is 22.9 Å². The van der Waals surface area contributed by atoms with E-state index in [0.717, 1.165) is 36.8 Å². The molecule has 4 aliphatic heterocycles. The number of thiophene rings is 1. The van der Waals surface area contributed by atoms with Crippen LogP contribution in [0.3, 0.4) is 0 Å². The third-order valence-electron chi connectivity index (χ3n) is 10.4. The van der Waals surface area contributed by atoms with Gasteiger partial charge < -0.3 is 20.1 Å². The number of anilines is 2. The van der Waals surface area contributed by atoms with Crippen molar-refractivity contribution in [3.8, 4) is 29.0 Å². The molecule has 0 saturated carbocycles. The summed E-state index contributed by atoms with van der Waals surface area (Å²) in [6.07, 6.45) is -0.471. The van der Waals surface area contributed by atoms with Gasteiger partial charge in [-0.05, 0) is 43.9 Å². The van der Waals surface area contributed by atoms with Crippen molar-refractivity contribution in [3.63, 3.8) is 0 Å². The van der Waals surface area contributed by atoms with Crippen molar-refractivity contribution in [1.29, 1.82) is 5.26 Å². The standard InChI is InChI=1S/C33H30ClF5N6O2S/c34-24-22(18-4-5-20(36)28-21(18)19(11-40)30(41)48-28)25(37)26-23-27(24)46-9-6-17-3-2-15(29(38)39)12-45(17)31(23)43-32(42-26)47-14-33-7-1-8-44(33)13-16(35)10-33/h4-5,15-17,29H,1-3,6-10,12-14,41H2/t15?,16-,17?,33?/m1/s1. The summed E-state index contributed by atoms with van der Waals surface area (Å²) in [6.45, 7) is 1.21. The molecule has 8 rings (SSSR count). The molecule has 252 valence electrons. The molecule has 3 saturated heterocycles. The topological polar surface area (TPSA) is 101 Å². The second-order valence-electron chi connectivity index (χ2n) is 13.1. The summed E-state index contributed by atoms with van der Waals surface area (Å²) in [5, 5.41) is 10.0. The van der Waals surface area contributed by atoms with Crippen molar-refractivity contribution in [1.82, 2.24) is 14.9 Å². The fraction of sp³-hybridized carbons (Fsp3) is 0.485. The monoisotopic (exact) mass is 704 g/mol. The van der Waals surface area contributed by atoms with Crippen molar-refractivity contribution in [2.75, 3.05) is 43.5 Å². The van der Waals surface area contributed by atoms with E-state index in [9.17, 15) is 22.8 Å². The molecule has 4 aromatic rings. The van der Waals surface area contributed by atoms with Crippen LogP contribution in [0.5, 0.6) is 11.8 Å². The molecule has 2 aromatic carbocycles. The van der Waals surface area contributed by atoms with Crippen LogP contribution in [0.4, 0.5) is 32.8 Å². The highest BCUT2D eigenvalue weighted by molar-refractivity contribution is 7.23. The number of benzene rings is 2. The number of fused-ring (bicyclic) bond motifs is 4. The lowest BCUT2D eigenvalue weighted by Gasteiger charge is -2.42. The van der Waals surface area contributed by atoms with Crippen LogP contribution in [0.1, 0.15) is 44.1 Å². The Morgan fingerprint density at radius 1 is 1.19 bits per heavy atom. The number of nitrogens with two attached hydrogens (primary N) is 1. The van der Waals surface area contributed by atoms with E-state index in [1.165, 1.54) is 6.07 Å². The zero-order valence-electron chi connectivity index (χ0n) is 25.5. The minimum atomic E-state index is -2.57. The van der Waals surface area contributed by atoms with Gasteiger partial charge >= 0.3 is 6.01 Å². The molecule has 0 spiro atoms. The maximum atomic E-state index is 17.2. The Labute approximate surface area is 281 Å². The lowest BCUT2D eigenvalue weighted by Crippen LogP contribution is -2.47. The summed E-state index contributed by atoms with van der Waals surface area (Å²) in [7, 11) is 0. The summed E-state index contributed by atoms with van der Waals surface area (Å²) in [5.41, 5.74) is 5.18. The van der Waals surface area contributed by atoms with E-state index in [-0.39, 0.29) is 97.5 Å². The van der Waals surface area contributed by atoms with Crippen molar-refractivity contribution in [3.05, 3.63) is 34.4 Å². The lowest BCUT2D eigenvalue weighted by atomic mass is 9.90. The van der Waals surface area contributed by atoms with Gasteiger partial charge in [0.2, 0.25) is 6.43 Å². The van der Waals surface area contributed by atoms with E-state index in [1.54, 1.807) is 4.90 Å². The first kappa shape index (κ1) is 31.6. The maximum absolute atomic E-state index is 17.2. The maximum Gasteiger partial charge on any atom is 0.319 e. The normalized spacial score (nSPS) is 25.5. The number of piperidine rings is 1. The van der Waals surface area contributed by atoms with Crippen molar-refractivity contribution in [2.45, 2.75) is 62.7 Å². The molecule has 15 heteroatoms. The second kappa shape index (κ2) is 11.7. The van der Waals surface area contributed by atoms with Gasteiger partial charge in [0.05, 0.1) is 32.8 Å². The molecule has 3 unspecified atom stereocenters. The molecule has 2 aromatic heterocycles. The van der Waals surface area contributed by atoms with E-state index in [0.29, 0.717) is 25.8 Å². The highest BCUT2D eigenvalue weighted by Crippen LogP contribution is 2.51. The Hall–Kier alpha value is -3.67. The Bertz CT molecular complexity index is 2010. The summed E-state index contributed by atoms with van der Waals surface area (Å²) < 4.78 is 87.3. The molecule has 0 amide bonds. The SMILES string of the molecule is N#Cc1c(N)sc2c(F)ccc(-c3c(Cl)c4c5c(nc(OCC67CCCN6C[C@H](F)C7)nc5c3F)N3CC(C(F)F)CCC3CCO4)c12. The number of alkyl halides is 3. The molecular formula is C33H30ClF5N6O2S. The highest BCUT2D eigenvalue weighted by Gasteiger charge is 2.49. The molecule has 8 nitrogen and oxygen atoms in total. The largest absolute Gasteiger partial charge is 0.491 e. The smallest absolute Gasteiger partial charge is 0.319 e. The average molecular weight is 705 g/mol. The number of hydrogen-bond donors (Lipinski definition) is 1. The average Bonchev–Trinajstić information content (AvgIpc) is 3.70. The van der Waals surface area contributed by atoms with E-state index in [2.05, 4.69) is 9.88 Å². The minimum absolute atomic E-state index is 0.0200. The number of nitrogen functional groups attached to an aromatic ring is 1. The van der Waals surface area contributed by atoms with Crippen LogP contribution in [0.25, 0.3) is 32.1 Å². The zero-order valence-corrected chi connectivity index (χ0v) is 27.1. The Kier molecular flexibility index (Phi) is 7.72. The predicted molar refractivity (Wildman–Crippen MR) is 173 cm³/mol. The molecule has 48 heavy (non-hydrogen) atoms. The van der Waals surface area contributed by atoms with E-state index in [1.807, 2.05) is 6.07 Å². The quantitative estimate of drug-likeness (QED) is 0.214. The van der Waals surface area contributed by atoms with E-state index < -0.39 is 35.7 Å².